The van der Waals surface area contributed by atoms with E-state index in [9.17, 15) is 5.11 Å². The molecule has 0 aliphatic carbocycles. The fourth-order valence-corrected chi connectivity index (χ4v) is 4.03. The lowest BCUT2D eigenvalue weighted by molar-refractivity contribution is 0.280. The molecule has 0 spiro atoms. The van der Waals surface area contributed by atoms with E-state index in [1.807, 2.05) is 12.2 Å². The van der Waals surface area contributed by atoms with Gasteiger partial charge in [-0.3, -0.25) is 0 Å². The van der Waals surface area contributed by atoms with E-state index in [2.05, 4.69) is 29.8 Å². The van der Waals surface area contributed by atoms with Gasteiger partial charge in [0.25, 0.3) is 0 Å². The van der Waals surface area contributed by atoms with E-state index in [4.69, 9.17) is 12.8 Å². The maximum atomic E-state index is 9.22. The molecule has 0 aliphatic heterocycles. The summed E-state index contributed by atoms with van der Waals surface area (Å²) in [7, 11) is 0. The van der Waals surface area contributed by atoms with Crippen LogP contribution in [0.3, 0.4) is 0 Å². The predicted octanol–water partition coefficient (Wildman–Crippen LogP) is 9.31. The number of hydrogen-bond acceptors (Lipinski definition) is 1. The Labute approximate surface area is 213 Å². The van der Waals surface area contributed by atoms with E-state index < -0.39 is 6.10 Å². The molecule has 0 fully saturated rings. The number of aliphatic hydroxyl groups is 1. The van der Waals surface area contributed by atoms with Crippen LogP contribution in [-0.4, -0.2) is 11.2 Å². The van der Waals surface area contributed by atoms with Gasteiger partial charge in [0.1, 0.15) is 6.10 Å². The maximum Gasteiger partial charge on any atom is 0.133 e. The second-order valence-corrected chi connectivity index (χ2v) is 9.40. The van der Waals surface area contributed by atoms with Gasteiger partial charge in [-0.15, -0.1) is 24.7 Å². The van der Waals surface area contributed by atoms with Crippen molar-refractivity contribution in [2.45, 2.75) is 147 Å². The standard InChI is InChI=1S/C33H52O/c1-3-5-6-7-8-9-10-11-12-13-14-15-16-17-18-19-20-21-22-23-24-25-26-27-28-29-30-31-32-33(34)4-2/h1-2,5-6,31-34H,7-19,22-30H2/b6-5-,32-31+/t33-/m0/s1. The first-order chi connectivity index (χ1) is 16.8. The SMILES string of the molecule is C#C/C=C\CCCCCCCCCCCCCC#CCCCCCCCCC/C=C/[C@@H](O)C#C. The van der Waals surface area contributed by atoms with E-state index in [-0.39, 0.29) is 0 Å². The molecule has 0 aromatic heterocycles. The zero-order valence-corrected chi connectivity index (χ0v) is 22.0. The van der Waals surface area contributed by atoms with Crippen LogP contribution in [-0.2, 0) is 0 Å². The molecule has 1 N–H and O–H groups in total. The van der Waals surface area contributed by atoms with Crippen molar-refractivity contribution in [3.8, 4) is 36.5 Å². The van der Waals surface area contributed by atoms with Gasteiger partial charge in [0.15, 0.2) is 0 Å². The smallest absolute Gasteiger partial charge is 0.133 e. The third kappa shape index (κ3) is 28.2. The van der Waals surface area contributed by atoms with E-state index in [0.29, 0.717) is 0 Å². The quantitative estimate of drug-likeness (QED) is 0.0907. The summed E-state index contributed by atoms with van der Waals surface area (Å²) < 4.78 is 0. The molecule has 0 unspecified atom stereocenters. The zero-order valence-electron chi connectivity index (χ0n) is 22.0. The Bertz CT molecular complexity index is 616. The average Bonchev–Trinajstić information content (AvgIpc) is 2.85. The average molecular weight is 465 g/mol. The van der Waals surface area contributed by atoms with Gasteiger partial charge < -0.3 is 5.11 Å². The summed E-state index contributed by atoms with van der Waals surface area (Å²) in [5.74, 6) is 11.6. The van der Waals surface area contributed by atoms with Crippen molar-refractivity contribution in [1.82, 2.24) is 0 Å². The Balaban J connectivity index is 3.18. The zero-order chi connectivity index (χ0) is 24.8. The number of aliphatic hydroxyl groups excluding tert-OH is 1. The van der Waals surface area contributed by atoms with Crippen molar-refractivity contribution < 1.29 is 5.11 Å². The van der Waals surface area contributed by atoms with Gasteiger partial charge in [-0.1, -0.05) is 114 Å². The minimum atomic E-state index is -0.720. The van der Waals surface area contributed by atoms with Crippen LogP contribution >= 0.6 is 0 Å². The maximum absolute atomic E-state index is 9.22. The third-order valence-corrected chi connectivity index (χ3v) is 6.17. The summed E-state index contributed by atoms with van der Waals surface area (Å²) in [6, 6.07) is 0. The van der Waals surface area contributed by atoms with Crippen molar-refractivity contribution in [1.29, 1.82) is 0 Å². The van der Waals surface area contributed by atoms with Gasteiger partial charge in [-0.05, 0) is 50.7 Å². The van der Waals surface area contributed by atoms with Crippen molar-refractivity contribution in [3.63, 3.8) is 0 Å². The lowest BCUT2D eigenvalue weighted by Gasteiger charge is -2.02. The van der Waals surface area contributed by atoms with Crippen molar-refractivity contribution in [2.75, 3.05) is 0 Å². The lowest BCUT2D eigenvalue weighted by atomic mass is 10.0. The highest BCUT2D eigenvalue weighted by molar-refractivity contribution is 5.08. The molecule has 190 valence electrons. The molecule has 1 nitrogen and oxygen atoms in total. The number of hydrogen-bond donors (Lipinski definition) is 1. The van der Waals surface area contributed by atoms with E-state index >= 15 is 0 Å². The highest BCUT2D eigenvalue weighted by atomic mass is 16.3. The predicted molar refractivity (Wildman–Crippen MR) is 151 cm³/mol. The van der Waals surface area contributed by atoms with Crippen LogP contribution in [0.25, 0.3) is 0 Å². The minimum absolute atomic E-state index is 0.720. The molecule has 0 bridgehead atoms. The summed E-state index contributed by atoms with van der Waals surface area (Å²) in [4.78, 5) is 0. The molecule has 0 aliphatic rings. The van der Waals surface area contributed by atoms with Gasteiger partial charge in [0.2, 0.25) is 0 Å². The first-order valence-electron chi connectivity index (χ1n) is 14.2. The van der Waals surface area contributed by atoms with Crippen LogP contribution < -0.4 is 0 Å². The van der Waals surface area contributed by atoms with Gasteiger partial charge in [-0.25, -0.2) is 0 Å². The molecule has 0 saturated heterocycles. The third-order valence-electron chi connectivity index (χ3n) is 6.17. The summed E-state index contributed by atoms with van der Waals surface area (Å²) in [6.45, 7) is 0. The monoisotopic (exact) mass is 464 g/mol. The Morgan fingerprint density at radius 3 is 1.32 bits per heavy atom. The van der Waals surface area contributed by atoms with Gasteiger partial charge in [-0.2, -0.15) is 0 Å². The summed E-state index contributed by atoms with van der Waals surface area (Å²) in [5.41, 5.74) is 0. The molecule has 1 heteroatoms. The molecular weight excluding hydrogens is 412 g/mol. The fraction of sp³-hybridized carbons (Fsp3) is 0.697. The van der Waals surface area contributed by atoms with Gasteiger partial charge >= 0.3 is 0 Å². The van der Waals surface area contributed by atoms with Crippen LogP contribution in [0, 0.1) is 36.5 Å². The van der Waals surface area contributed by atoms with Gasteiger partial charge in [0.05, 0.1) is 0 Å². The van der Waals surface area contributed by atoms with Crippen LogP contribution in [0.5, 0.6) is 0 Å². The molecule has 0 rings (SSSR count). The molecule has 0 aromatic carbocycles. The highest BCUT2D eigenvalue weighted by Crippen LogP contribution is 2.13. The number of rotatable bonds is 23. The highest BCUT2D eigenvalue weighted by Gasteiger charge is 1.94. The molecule has 0 saturated carbocycles. The summed E-state index contributed by atoms with van der Waals surface area (Å²) >= 11 is 0. The number of unbranched alkanes of at least 4 members (excludes halogenated alkanes) is 20. The first-order valence-corrected chi connectivity index (χ1v) is 14.2. The Morgan fingerprint density at radius 1 is 0.529 bits per heavy atom. The van der Waals surface area contributed by atoms with Crippen molar-refractivity contribution in [2.24, 2.45) is 0 Å². The first kappa shape index (κ1) is 32.1. The lowest BCUT2D eigenvalue weighted by Crippen LogP contribution is -1.95. The summed E-state index contributed by atoms with van der Waals surface area (Å²) in [5, 5.41) is 9.22. The molecule has 0 aromatic rings. The molecule has 34 heavy (non-hydrogen) atoms. The van der Waals surface area contributed by atoms with Crippen LogP contribution in [0.2, 0.25) is 0 Å². The second kappa shape index (κ2) is 29.2. The van der Waals surface area contributed by atoms with Crippen molar-refractivity contribution in [3.05, 3.63) is 24.3 Å². The number of allylic oxidation sites excluding steroid dienone is 3. The summed E-state index contributed by atoms with van der Waals surface area (Å²) in [6.07, 6.45) is 45.5. The Kier molecular flexibility index (Phi) is 27.5. The largest absolute Gasteiger partial charge is 0.377 e. The number of terminal acetylenes is 2. The van der Waals surface area contributed by atoms with E-state index in [1.165, 1.54) is 116 Å². The molecule has 0 amide bonds. The van der Waals surface area contributed by atoms with E-state index in [0.717, 1.165) is 25.7 Å². The van der Waals surface area contributed by atoms with Crippen molar-refractivity contribution >= 4 is 0 Å². The normalized spacial score (nSPS) is 11.9. The molecule has 0 radical (unpaired) electrons. The molecular formula is C33H52O. The Morgan fingerprint density at radius 2 is 0.912 bits per heavy atom. The van der Waals surface area contributed by atoms with Crippen LogP contribution in [0.1, 0.15) is 141 Å². The molecule has 1 atom stereocenters. The van der Waals surface area contributed by atoms with E-state index in [1.54, 1.807) is 6.08 Å². The van der Waals surface area contributed by atoms with Crippen LogP contribution in [0.15, 0.2) is 24.3 Å². The fourth-order valence-electron chi connectivity index (χ4n) is 4.03. The minimum Gasteiger partial charge on any atom is -0.377 e. The second-order valence-electron chi connectivity index (χ2n) is 9.40. The molecule has 0 heterocycles. The van der Waals surface area contributed by atoms with Gasteiger partial charge in [0, 0.05) is 12.8 Å². The van der Waals surface area contributed by atoms with Crippen LogP contribution in [0.4, 0.5) is 0 Å². The topological polar surface area (TPSA) is 20.2 Å². The Hall–Kier alpha value is -1.88.